The number of piperidine rings is 1. The van der Waals surface area contributed by atoms with Crippen LogP contribution in [0.15, 0.2) is 48.7 Å². The van der Waals surface area contributed by atoms with Crippen LogP contribution < -0.4 is 10.1 Å². The smallest absolute Gasteiger partial charge is 0.235 e. The number of phenols is 1. The standard InChI is InChI=1S/C30H29N3O5/c34-22-8-7-18-12-23-30(37)13-20(28(36)32-19-11-17-3-1-2-4-21(17)31-14-19)25(35)27-29(30,24(18)26(22)38-27)9-10-33(23)15-16-5-6-16/h1-4,7-8,11,14,16,20,23,27,34,37H,5-6,9-10,12-13,15H2,(H,32,36)/t20?,23-,27+,29+,30-/m1/s1. The first kappa shape index (κ1) is 22.5. The maximum Gasteiger partial charge on any atom is 0.235 e. The average molecular weight is 512 g/mol. The minimum atomic E-state index is -1.34. The molecule has 8 heteroatoms. The fourth-order valence-electron chi connectivity index (χ4n) is 7.89. The molecule has 1 amide bonds. The van der Waals surface area contributed by atoms with Gasteiger partial charge < -0.3 is 20.3 Å². The van der Waals surface area contributed by atoms with Crippen LogP contribution in [0, 0.1) is 11.8 Å². The number of aromatic nitrogens is 1. The molecule has 2 saturated carbocycles. The molecule has 2 bridgehead atoms. The van der Waals surface area contributed by atoms with E-state index in [1.54, 1.807) is 12.3 Å². The van der Waals surface area contributed by atoms with Gasteiger partial charge in [-0.05, 0) is 68.3 Å². The summed E-state index contributed by atoms with van der Waals surface area (Å²) in [4.78, 5) is 34.5. The number of aromatic hydroxyl groups is 1. The zero-order valence-electron chi connectivity index (χ0n) is 20.9. The summed E-state index contributed by atoms with van der Waals surface area (Å²) in [5.74, 6) is -0.954. The van der Waals surface area contributed by atoms with Crippen LogP contribution in [0.2, 0.25) is 0 Å². The maximum atomic E-state index is 14.0. The lowest BCUT2D eigenvalue weighted by Crippen LogP contribution is -2.78. The summed E-state index contributed by atoms with van der Waals surface area (Å²) < 4.78 is 6.23. The van der Waals surface area contributed by atoms with Crippen LogP contribution in [0.4, 0.5) is 5.69 Å². The Morgan fingerprint density at radius 2 is 2.05 bits per heavy atom. The number of para-hydroxylation sites is 1. The van der Waals surface area contributed by atoms with E-state index < -0.39 is 28.9 Å². The highest BCUT2D eigenvalue weighted by Crippen LogP contribution is 2.65. The van der Waals surface area contributed by atoms with Gasteiger partial charge in [-0.25, -0.2) is 0 Å². The minimum absolute atomic E-state index is 0.0234. The summed E-state index contributed by atoms with van der Waals surface area (Å²) in [6, 6.07) is 12.8. The van der Waals surface area contributed by atoms with Crippen molar-refractivity contribution < 1.29 is 24.5 Å². The first-order valence-electron chi connectivity index (χ1n) is 13.6. The number of Topliss-reactive ketones (excluding diaryl/α,β-unsaturated/α-hetero) is 1. The SMILES string of the molecule is O=C(Nc1cnc2ccccc2c1)C1C[C@@]2(O)[C@H]3Cc4ccc(O)c5c4[C@@]2(CCN3CC2CC2)[C@@H](O5)C1=O. The third-order valence-corrected chi connectivity index (χ3v) is 9.81. The van der Waals surface area contributed by atoms with E-state index in [9.17, 15) is 19.8 Å². The van der Waals surface area contributed by atoms with Gasteiger partial charge in [-0.3, -0.25) is 19.5 Å². The first-order chi connectivity index (χ1) is 18.4. The van der Waals surface area contributed by atoms with E-state index in [0.717, 1.165) is 35.1 Å². The lowest BCUT2D eigenvalue weighted by Gasteiger charge is -2.63. The number of pyridine rings is 1. The summed E-state index contributed by atoms with van der Waals surface area (Å²) in [5.41, 5.74) is 0.816. The summed E-state index contributed by atoms with van der Waals surface area (Å²) >= 11 is 0. The molecule has 194 valence electrons. The number of phenolic OH excluding ortho intramolecular Hbond substituents is 1. The predicted molar refractivity (Wildman–Crippen MR) is 139 cm³/mol. The van der Waals surface area contributed by atoms with Crippen molar-refractivity contribution in [2.24, 2.45) is 11.8 Å². The topological polar surface area (TPSA) is 112 Å². The summed E-state index contributed by atoms with van der Waals surface area (Å²) in [6.45, 7) is 1.67. The third kappa shape index (κ3) is 2.85. The zero-order valence-corrected chi connectivity index (χ0v) is 20.9. The maximum absolute atomic E-state index is 14.0. The lowest BCUT2D eigenvalue weighted by molar-refractivity contribution is -0.197. The quantitative estimate of drug-likeness (QED) is 0.462. The van der Waals surface area contributed by atoms with E-state index in [1.165, 1.54) is 12.8 Å². The van der Waals surface area contributed by atoms with E-state index in [1.807, 2.05) is 36.4 Å². The van der Waals surface area contributed by atoms with Crippen molar-refractivity contribution in [3.05, 3.63) is 59.8 Å². The molecule has 8 nitrogen and oxygen atoms in total. The summed E-state index contributed by atoms with van der Waals surface area (Å²) in [7, 11) is 0. The average Bonchev–Trinajstić information content (AvgIpc) is 3.65. The Labute approximate surface area is 219 Å². The third-order valence-electron chi connectivity index (χ3n) is 9.81. The second-order valence-corrected chi connectivity index (χ2v) is 11.8. The molecule has 3 heterocycles. The second kappa shape index (κ2) is 7.55. The van der Waals surface area contributed by atoms with Crippen LogP contribution >= 0.6 is 0 Å². The van der Waals surface area contributed by atoms with Gasteiger partial charge in [0.15, 0.2) is 23.4 Å². The normalized spacial score (nSPS) is 33.1. The van der Waals surface area contributed by atoms with Crippen LogP contribution in [-0.2, 0) is 21.4 Å². The Hall–Kier alpha value is -3.49. The number of ether oxygens (including phenoxy) is 1. The van der Waals surface area contributed by atoms with E-state index in [0.29, 0.717) is 30.2 Å². The Bertz CT molecular complexity index is 1540. The number of carbonyl (C=O) groups is 2. The van der Waals surface area contributed by atoms with Gasteiger partial charge in [-0.15, -0.1) is 0 Å². The highest BCUT2D eigenvalue weighted by Gasteiger charge is 2.75. The summed E-state index contributed by atoms with van der Waals surface area (Å²) in [6.07, 6.45) is 4.16. The number of rotatable bonds is 4. The van der Waals surface area contributed by atoms with Gasteiger partial charge in [0.05, 0.1) is 28.4 Å². The molecule has 1 unspecified atom stereocenters. The number of ketones is 1. The fourth-order valence-corrected chi connectivity index (χ4v) is 7.89. The van der Waals surface area contributed by atoms with Gasteiger partial charge in [0.1, 0.15) is 5.92 Å². The van der Waals surface area contributed by atoms with Gasteiger partial charge in [0.25, 0.3) is 0 Å². The molecule has 3 N–H and O–H groups in total. The monoisotopic (exact) mass is 511 g/mol. The molecule has 1 saturated heterocycles. The number of nitrogens with one attached hydrogen (secondary N) is 1. The molecule has 1 spiro atoms. The molecule has 5 aliphatic rings. The lowest BCUT2D eigenvalue weighted by atomic mass is 9.47. The number of aliphatic hydroxyl groups is 1. The fraction of sp³-hybridized carbons (Fsp3) is 0.433. The molecule has 3 fully saturated rings. The Morgan fingerprint density at radius 1 is 1.21 bits per heavy atom. The van der Waals surface area contributed by atoms with Crippen LogP contribution in [0.5, 0.6) is 11.5 Å². The van der Waals surface area contributed by atoms with E-state index >= 15 is 0 Å². The van der Waals surface area contributed by atoms with Crippen molar-refractivity contribution in [2.75, 3.05) is 18.4 Å². The van der Waals surface area contributed by atoms with E-state index in [4.69, 9.17) is 4.74 Å². The molecule has 8 rings (SSSR count). The van der Waals surface area contributed by atoms with Gasteiger partial charge in [-0.2, -0.15) is 0 Å². The van der Waals surface area contributed by atoms with Crippen molar-refractivity contribution in [3.63, 3.8) is 0 Å². The number of anilines is 1. The number of nitrogens with zero attached hydrogens (tertiary/aromatic N) is 2. The largest absolute Gasteiger partial charge is 0.504 e. The second-order valence-electron chi connectivity index (χ2n) is 11.8. The number of likely N-dealkylation sites (tertiary alicyclic amines) is 1. The molecule has 2 aliphatic heterocycles. The van der Waals surface area contributed by atoms with Crippen molar-refractivity contribution in [1.82, 2.24) is 9.88 Å². The van der Waals surface area contributed by atoms with Gasteiger partial charge in [0, 0.05) is 23.5 Å². The minimum Gasteiger partial charge on any atom is -0.504 e. The molecule has 5 atom stereocenters. The van der Waals surface area contributed by atoms with Gasteiger partial charge in [-0.1, -0.05) is 24.3 Å². The first-order valence-corrected chi connectivity index (χ1v) is 13.6. The predicted octanol–water partition coefficient (Wildman–Crippen LogP) is 2.94. The molecule has 2 aromatic carbocycles. The van der Waals surface area contributed by atoms with Crippen molar-refractivity contribution in [3.8, 4) is 11.5 Å². The molecule has 1 aromatic heterocycles. The Balaban J connectivity index is 1.20. The molecule has 38 heavy (non-hydrogen) atoms. The van der Waals surface area contributed by atoms with Crippen LogP contribution in [0.1, 0.15) is 36.8 Å². The van der Waals surface area contributed by atoms with Crippen molar-refractivity contribution in [1.29, 1.82) is 0 Å². The number of hydrogen-bond acceptors (Lipinski definition) is 7. The highest BCUT2D eigenvalue weighted by atomic mass is 16.5. The number of carbonyl (C=O) groups excluding carboxylic acids is 2. The Morgan fingerprint density at radius 3 is 2.89 bits per heavy atom. The van der Waals surface area contributed by atoms with Gasteiger partial charge in [0.2, 0.25) is 5.91 Å². The van der Waals surface area contributed by atoms with Crippen LogP contribution in [0.3, 0.4) is 0 Å². The zero-order chi connectivity index (χ0) is 25.8. The highest BCUT2D eigenvalue weighted by molar-refractivity contribution is 6.11. The number of hydrogen-bond donors (Lipinski definition) is 3. The molecular weight excluding hydrogens is 482 g/mol. The molecule has 0 radical (unpaired) electrons. The molecular formula is C30H29N3O5. The van der Waals surface area contributed by atoms with Crippen molar-refractivity contribution in [2.45, 2.75) is 55.3 Å². The van der Waals surface area contributed by atoms with E-state index in [-0.39, 0.29) is 24.0 Å². The van der Waals surface area contributed by atoms with Gasteiger partial charge >= 0.3 is 0 Å². The van der Waals surface area contributed by atoms with Crippen LogP contribution in [0.25, 0.3) is 10.9 Å². The summed E-state index contributed by atoms with van der Waals surface area (Å²) in [5, 5.41) is 27.2. The Kier molecular flexibility index (Phi) is 4.47. The number of amides is 1. The molecule has 3 aromatic rings. The van der Waals surface area contributed by atoms with Crippen molar-refractivity contribution >= 4 is 28.3 Å². The van der Waals surface area contributed by atoms with Crippen LogP contribution in [-0.4, -0.2) is 62.6 Å². The number of fused-ring (bicyclic) bond motifs is 1. The molecule has 3 aliphatic carbocycles. The van der Waals surface area contributed by atoms with E-state index in [2.05, 4.69) is 15.2 Å². The number of benzene rings is 2.